The molecule has 91 valence electrons. The molecule has 0 aliphatic heterocycles. The summed E-state index contributed by atoms with van der Waals surface area (Å²) >= 11 is 0. The number of carbonyl (C=O) groups excluding carboxylic acids is 1. The van der Waals surface area contributed by atoms with Crippen LogP contribution in [0.4, 0.5) is 4.79 Å². The first-order chi connectivity index (χ1) is 7.66. The number of allylic oxidation sites excluding steroid dienone is 1. The maximum atomic E-state index is 11.5. The predicted molar refractivity (Wildman–Crippen MR) is 64.4 cm³/mol. The number of hydrogen-bond acceptors (Lipinski definition) is 2. The number of ether oxygens (including phenoxy) is 1. The molecule has 1 amide bonds. The zero-order valence-electron chi connectivity index (χ0n) is 10.2. The predicted octanol–water partition coefficient (Wildman–Crippen LogP) is 3.42. The Labute approximate surface area is 98.2 Å². The van der Waals surface area contributed by atoms with Crippen LogP contribution in [0.3, 0.4) is 0 Å². The molecule has 16 heavy (non-hydrogen) atoms. The van der Waals surface area contributed by atoms with Gasteiger partial charge in [0.25, 0.3) is 0 Å². The molecule has 1 aliphatic rings. The monoisotopic (exact) mass is 224 g/mol. The van der Waals surface area contributed by atoms with Crippen LogP contribution in [0.15, 0.2) is 12.7 Å². The molecule has 0 aromatic rings. The number of rotatable bonds is 5. The second-order valence-corrected chi connectivity index (χ2v) is 4.71. The lowest BCUT2D eigenvalue weighted by atomic mass is 9.83. The largest absolute Gasteiger partial charge is 0.448 e. The highest BCUT2D eigenvalue weighted by Crippen LogP contribution is 2.28. The molecule has 0 atom stereocenters. The van der Waals surface area contributed by atoms with Gasteiger partial charge in [-0.05, 0) is 32.6 Å². The highest BCUT2D eigenvalue weighted by atomic mass is 16.5. The van der Waals surface area contributed by atoms with Gasteiger partial charge in [0.05, 0.1) is 12.1 Å². The molecule has 0 aromatic carbocycles. The van der Waals surface area contributed by atoms with Gasteiger partial charge in [0, 0.05) is 0 Å². The number of hydrogen-bond donors (Lipinski definition) is 0. The maximum Gasteiger partial charge on any atom is 0.429 e. The molecule has 0 N–H and O–H groups in total. The second kappa shape index (κ2) is 6.56. The average Bonchev–Trinajstić information content (AvgIpc) is 2.25. The average molecular weight is 224 g/mol. The molecule has 0 heterocycles. The number of amides is 1. The Balaban J connectivity index is 2.19. The van der Waals surface area contributed by atoms with Gasteiger partial charge in [-0.15, -0.1) is 6.58 Å². The van der Waals surface area contributed by atoms with Gasteiger partial charge in [-0.1, -0.05) is 25.3 Å². The zero-order chi connectivity index (χ0) is 11.9. The lowest BCUT2D eigenvalue weighted by Gasteiger charge is -2.31. The van der Waals surface area contributed by atoms with Gasteiger partial charge in [-0.2, -0.15) is 0 Å². The van der Waals surface area contributed by atoms with Crippen LogP contribution in [0.1, 0.15) is 51.9 Å². The van der Waals surface area contributed by atoms with E-state index in [1.165, 1.54) is 19.3 Å². The number of carbonyl (C=O) groups is 1. The van der Waals surface area contributed by atoms with Gasteiger partial charge < -0.3 is 4.74 Å². The molecular weight excluding hydrogens is 202 g/mol. The van der Waals surface area contributed by atoms with Crippen molar-refractivity contribution in [3.63, 3.8) is 0 Å². The minimum Gasteiger partial charge on any atom is -0.448 e. The van der Waals surface area contributed by atoms with E-state index < -0.39 is 6.09 Å². The Morgan fingerprint density at radius 1 is 1.44 bits per heavy atom. The van der Waals surface area contributed by atoms with Crippen molar-refractivity contribution in [2.24, 2.45) is 0 Å². The van der Waals surface area contributed by atoms with E-state index in [4.69, 9.17) is 4.74 Å². The summed E-state index contributed by atoms with van der Waals surface area (Å²) in [7, 11) is 0. The van der Waals surface area contributed by atoms with Gasteiger partial charge in [-0.25, -0.2) is 10.1 Å². The molecule has 0 saturated heterocycles. The minimum absolute atomic E-state index is 0.173. The second-order valence-electron chi connectivity index (χ2n) is 4.71. The smallest absolute Gasteiger partial charge is 0.429 e. The van der Waals surface area contributed by atoms with E-state index in [2.05, 4.69) is 18.8 Å². The summed E-state index contributed by atoms with van der Waals surface area (Å²) in [4.78, 5) is 11.5. The summed E-state index contributed by atoms with van der Waals surface area (Å²) < 4.78 is 5.06. The van der Waals surface area contributed by atoms with Crippen molar-refractivity contribution in [1.29, 1.82) is 0 Å². The standard InChI is InChI=1S/C13H22NO2/c1-3-4-8-11-16-12(15)14-13(2)9-6-5-7-10-13/h3H,1,4-11H2,2H3. The Bertz CT molecular complexity index is 232. The van der Waals surface area contributed by atoms with Crippen molar-refractivity contribution in [2.45, 2.75) is 57.4 Å². The Morgan fingerprint density at radius 3 is 2.75 bits per heavy atom. The normalized spacial score (nSPS) is 18.8. The van der Waals surface area contributed by atoms with E-state index in [1.807, 2.05) is 6.08 Å². The summed E-state index contributed by atoms with van der Waals surface area (Å²) in [6.45, 7) is 6.12. The Morgan fingerprint density at radius 2 is 2.12 bits per heavy atom. The van der Waals surface area contributed by atoms with E-state index >= 15 is 0 Å². The fourth-order valence-electron chi connectivity index (χ4n) is 2.07. The highest BCUT2D eigenvalue weighted by molar-refractivity contribution is 5.67. The Kier molecular flexibility index (Phi) is 5.36. The third-order valence-electron chi connectivity index (χ3n) is 3.07. The molecule has 1 radical (unpaired) electrons. The maximum absolute atomic E-state index is 11.5. The summed E-state index contributed by atoms with van der Waals surface area (Å²) in [5.41, 5.74) is -0.173. The van der Waals surface area contributed by atoms with Gasteiger partial charge in [-0.3, -0.25) is 0 Å². The van der Waals surface area contributed by atoms with Crippen LogP contribution in [-0.2, 0) is 4.74 Å². The topological polar surface area (TPSA) is 40.4 Å². The van der Waals surface area contributed by atoms with Crippen LogP contribution in [0.25, 0.3) is 0 Å². The molecule has 0 spiro atoms. The van der Waals surface area contributed by atoms with Crippen molar-refractivity contribution >= 4 is 6.09 Å². The molecule has 1 aliphatic carbocycles. The van der Waals surface area contributed by atoms with Crippen molar-refractivity contribution < 1.29 is 9.53 Å². The first-order valence-electron chi connectivity index (χ1n) is 6.17. The van der Waals surface area contributed by atoms with E-state index in [0.29, 0.717) is 6.61 Å². The SMILES string of the molecule is C=CCCCOC(=O)[N]C1(C)CCCCC1. The fourth-order valence-corrected chi connectivity index (χ4v) is 2.07. The van der Waals surface area contributed by atoms with Crippen LogP contribution < -0.4 is 5.32 Å². The first-order valence-corrected chi connectivity index (χ1v) is 6.17. The summed E-state index contributed by atoms with van der Waals surface area (Å²) in [5, 5.41) is 4.18. The number of unbranched alkanes of at least 4 members (excludes halogenated alkanes) is 1. The van der Waals surface area contributed by atoms with Crippen LogP contribution in [0.2, 0.25) is 0 Å². The lowest BCUT2D eigenvalue weighted by Crippen LogP contribution is -2.41. The lowest BCUT2D eigenvalue weighted by molar-refractivity contribution is 0.124. The molecule has 1 fully saturated rings. The molecule has 0 unspecified atom stereocenters. The molecular formula is C13H22NO2. The highest BCUT2D eigenvalue weighted by Gasteiger charge is 2.30. The summed E-state index contributed by atoms with van der Waals surface area (Å²) in [6.07, 6.45) is 8.77. The van der Waals surface area contributed by atoms with Crippen LogP contribution >= 0.6 is 0 Å². The third kappa shape index (κ3) is 4.69. The zero-order valence-corrected chi connectivity index (χ0v) is 10.2. The third-order valence-corrected chi connectivity index (χ3v) is 3.07. The van der Waals surface area contributed by atoms with E-state index in [9.17, 15) is 4.79 Å². The molecule has 3 heteroatoms. The first kappa shape index (κ1) is 13.1. The van der Waals surface area contributed by atoms with Crippen molar-refractivity contribution in [1.82, 2.24) is 5.32 Å². The van der Waals surface area contributed by atoms with Gasteiger partial charge in [0.2, 0.25) is 0 Å². The van der Waals surface area contributed by atoms with Crippen molar-refractivity contribution in [3.8, 4) is 0 Å². The molecule has 0 aromatic heterocycles. The molecule has 1 saturated carbocycles. The minimum atomic E-state index is -0.395. The Hall–Kier alpha value is -0.990. The molecule has 3 nitrogen and oxygen atoms in total. The number of nitrogens with zero attached hydrogens (tertiary/aromatic N) is 1. The van der Waals surface area contributed by atoms with E-state index in [0.717, 1.165) is 25.7 Å². The van der Waals surface area contributed by atoms with Gasteiger partial charge >= 0.3 is 6.09 Å². The van der Waals surface area contributed by atoms with Crippen molar-refractivity contribution in [2.75, 3.05) is 6.61 Å². The van der Waals surface area contributed by atoms with E-state index in [1.54, 1.807) is 0 Å². The molecule has 0 bridgehead atoms. The van der Waals surface area contributed by atoms with Crippen LogP contribution in [0, 0.1) is 0 Å². The van der Waals surface area contributed by atoms with Crippen LogP contribution in [0.5, 0.6) is 0 Å². The summed E-state index contributed by atoms with van der Waals surface area (Å²) in [5.74, 6) is 0. The summed E-state index contributed by atoms with van der Waals surface area (Å²) in [6, 6.07) is 0. The van der Waals surface area contributed by atoms with Gasteiger partial charge in [0.15, 0.2) is 0 Å². The van der Waals surface area contributed by atoms with E-state index in [-0.39, 0.29) is 5.54 Å². The van der Waals surface area contributed by atoms with Crippen LogP contribution in [-0.4, -0.2) is 18.2 Å². The van der Waals surface area contributed by atoms with Crippen molar-refractivity contribution in [3.05, 3.63) is 12.7 Å². The van der Waals surface area contributed by atoms with Gasteiger partial charge in [0.1, 0.15) is 0 Å². The quantitative estimate of drug-likeness (QED) is 0.530. The fraction of sp³-hybridized carbons (Fsp3) is 0.769. The molecule has 1 rings (SSSR count).